The van der Waals surface area contributed by atoms with Gasteiger partial charge in [-0.3, -0.25) is 0 Å². The summed E-state index contributed by atoms with van der Waals surface area (Å²) in [6.45, 7) is 3.15. The van der Waals surface area contributed by atoms with Crippen LogP contribution in [0.15, 0.2) is 43.0 Å². The van der Waals surface area contributed by atoms with E-state index < -0.39 is 0 Å². The molecule has 0 saturated carbocycles. The van der Waals surface area contributed by atoms with Gasteiger partial charge in [-0.2, -0.15) is 0 Å². The predicted molar refractivity (Wildman–Crippen MR) is 81.9 cm³/mol. The molecule has 2 heterocycles. The Morgan fingerprint density at radius 1 is 1.30 bits per heavy atom. The van der Waals surface area contributed by atoms with E-state index in [-0.39, 0.29) is 0 Å². The molecule has 4 heteroatoms. The molecule has 0 aliphatic carbocycles. The average Bonchev–Trinajstić information content (AvgIpc) is 2.82. The third-order valence-electron chi connectivity index (χ3n) is 3.80. The van der Waals surface area contributed by atoms with Gasteiger partial charge < -0.3 is 15.2 Å². The van der Waals surface area contributed by atoms with Gasteiger partial charge in [-0.1, -0.05) is 12.1 Å². The normalized spacial score (nSPS) is 19.5. The van der Waals surface area contributed by atoms with Crippen LogP contribution in [0.3, 0.4) is 0 Å². The van der Waals surface area contributed by atoms with Gasteiger partial charge in [-0.05, 0) is 50.0 Å². The second-order valence-electron chi connectivity index (χ2n) is 5.46. The molecule has 0 amide bonds. The van der Waals surface area contributed by atoms with Crippen LogP contribution in [0.5, 0.6) is 0 Å². The lowest BCUT2D eigenvalue weighted by Crippen LogP contribution is -2.21. The highest BCUT2D eigenvalue weighted by molar-refractivity contribution is 5.46. The van der Waals surface area contributed by atoms with Gasteiger partial charge >= 0.3 is 0 Å². The van der Waals surface area contributed by atoms with E-state index in [1.54, 1.807) is 0 Å². The van der Waals surface area contributed by atoms with E-state index in [9.17, 15) is 0 Å². The van der Waals surface area contributed by atoms with E-state index in [1.165, 1.54) is 30.5 Å². The minimum Gasteiger partial charge on any atom is -0.382 e. The molecule has 0 bridgehead atoms. The smallest absolute Gasteiger partial charge is 0.0949 e. The van der Waals surface area contributed by atoms with Crippen molar-refractivity contribution < 1.29 is 0 Å². The number of rotatable bonds is 4. The SMILES string of the molecule is c1cc(Cn2ccnc2)cc(NC2CCCNCC2)c1. The fourth-order valence-corrected chi connectivity index (χ4v) is 2.75. The summed E-state index contributed by atoms with van der Waals surface area (Å²) in [7, 11) is 0. The highest BCUT2D eigenvalue weighted by atomic mass is 15.0. The number of hydrogen-bond acceptors (Lipinski definition) is 3. The molecular formula is C16H22N4. The minimum atomic E-state index is 0.591. The predicted octanol–water partition coefficient (Wildman–Crippen LogP) is 2.49. The first-order valence-corrected chi connectivity index (χ1v) is 7.42. The summed E-state index contributed by atoms with van der Waals surface area (Å²) in [5.74, 6) is 0. The molecule has 106 valence electrons. The van der Waals surface area contributed by atoms with Crippen molar-refractivity contribution in [3.05, 3.63) is 48.5 Å². The van der Waals surface area contributed by atoms with Gasteiger partial charge in [0.05, 0.1) is 6.33 Å². The highest BCUT2D eigenvalue weighted by Gasteiger charge is 2.11. The first-order chi connectivity index (χ1) is 9.90. The van der Waals surface area contributed by atoms with Crippen LogP contribution >= 0.6 is 0 Å². The quantitative estimate of drug-likeness (QED) is 0.897. The van der Waals surface area contributed by atoms with Crippen LogP contribution in [0.25, 0.3) is 0 Å². The summed E-state index contributed by atoms with van der Waals surface area (Å²) in [5, 5.41) is 7.13. The van der Waals surface area contributed by atoms with E-state index >= 15 is 0 Å². The number of nitrogens with zero attached hydrogens (tertiary/aromatic N) is 2. The molecule has 1 atom stereocenters. The first kappa shape index (κ1) is 13.2. The zero-order valence-corrected chi connectivity index (χ0v) is 11.8. The first-order valence-electron chi connectivity index (χ1n) is 7.42. The molecule has 0 spiro atoms. The van der Waals surface area contributed by atoms with Crippen molar-refractivity contribution in [3.63, 3.8) is 0 Å². The van der Waals surface area contributed by atoms with E-state index in [2.05, 4.69) is 44.5 Å². The summed E-state index contributed by atoms with van der Waals surface area (Å²) < 4.78 is 2.09. The third kappa shape index (κ3) is 3.61. The van der Waals surface area contributed by atoms with E-state index in [0.29, 0.717) is 6.04 Å². The topological polar surface area (TPSA) is 41.9 Å². The van der Waals surface area contributed by atoms with Gasteiger partial charge in [-0.15, -0.1) is 0 Å². The van der Waals surface area contributed by atoms with Crippen molar-refractivity contribution >= 4 is 5.69 Å². The second kappa shape index (κ2) is 6.57. The summed E-state index contributed by atoms with van der Waals surface area (Å²) in [6.07, 6.45) is 9.38. The Bertz CT molecular complexity index is 513. The van der Waals surface area contributed by atoms with Crippen LogP contribution in [-0.2, 0) is 6.54 Å². The monoisotopic (exact) mass is 270 g/mol. The number of benzene rings is 1. The minimum absolute atomic E-state index is 0.591. The van der Waals surface area contributed by atoms with Gasteiger partial charge in [0.25, 0.3) is 0 Å². The molecule has 1 aromatic carbocycles. The molecule has 1 unspecified atom stereocenters. The van der Waals surface area contributed by atoms with Gasteiger partial charge in [0.15, 0.2) is 0 Å². The van der Waals surface area contributed by atoms with Crippen molar-refractivity contribution in [2.45, 2.75) is 31.8 Å². The van der Waals surface area contributed by atoms with Crippen molar-refractivity contribution in [2.24, 2.45) is 0 Å². The molecule has 1 saturated heterocycles. The van der Waals surface area contributed by atoms with Crippen LogP contribution in [0, 0.1) is 0 Å². The number of hydrogen-bond donors (Lipinski definition) is 2. The van der Waals surface area contributed by atoms with Crippen LogP contribution in [0.1, 0.15) is 24.8 Å². The second-order valence-corrected chi connectivity index (χ2v) is 5.46. The van der Waals surface area contributed by atoms with Crippen LogP contribution < -0.4 is 10.6 Å². The zero-order valence-electron chi connectivity index (χ0n) is 11.8. The average molecular weight is 270 g/mol. The summed E-state index contributed by atoms with van der Waals surface area (Å²) in [5.41, 5.74) is 2.54. The maximum atomic E-state index is 4.09. The van der Waals surface area contributed by atoms with Gasteiger partial charge in [0, 0.05) is 30.7 Å². The molecule has 2 aromatic rings. The zero-order chi connectivity index (χ0) is 13.6. The Hall–Kier alpha value is -1.81. The van der Waals surface area contributed by atoms with Crippen LogP contribution in [0.4, 0.5) is 5.69 Å². The standard InChI is InChI=1S/C16H22N4/c1-3-14(12-20-10-9-18-13-20)11-16(4-1)19-15-5-2-7-17-8-6-15/h1,3-4,9-11,13,15,17,19H,2,5-8,12H2. The Balaban J connectivity index is 1.64. The van der Waals surface area contributed by atoms with Gasteiger partial charge in [0.2, 0.25) is 0 Å². The van der Waals surface area contributed by atoms with Gasteiger partial charge in [0.1, 0.15) is 0 Å². The highest BCUT2D eigenvalue weighted by Crippen LogP contribution is 2.16. The van der Waals surface area contributed by atoms with Crippen molar-refractivity contribution in [1.29, 1.82) is 0 Å². The summed E-state index contributed by atoms with van der Waals surface area (Å²) in [6, 6.07) is 9.30. The van der Waals surface area contributed by atoms with Crippen molar-refractivity contribution in [1.82, 2.24) is 14.9 Å². The Kier molecular flexibility index (Phi) is 4.33. The maximum absolute atomic E-state index is 4.09. The van der Waals surface area contributed by atoms with E-state index in [1.807, 2.05) is 18.7 Å². The summed E-state index contributed by atoms with van der Waals surface area (Å²) >= 11 is 0. The number of imidazole rings is 1. The summed E-state index contributed by atoms with van der Waals surface area (Å²) in [4.78, 5) is 4.09. The number of aromatic nitrogens is 2. The lowest BCUT2D eigenvalue weighted by Gasteiger charge is -2.18. The molecule has 20 heavy (non-hydrogen) atoms. The molecule has 4 nitrogen and oxygen atoms in total. The Morgan fingerprint density at radius 3 is 3.20 bits per heavy atom. The maximum Gasteiger partial charge on any atom is 0.0949 e. The number of anilines is 1. The van der Waals surface area contributed by atoms with E-state index in [4.69, 9.17) is 0 Å². The molecule has 1 fully saturated rings. The molecule has 0 radical (unpaired) electrons. The Morgan fingerprint density at radius 2 is 2.30 bits per heavy atom. The third-order valence-corrected chi connectivity index (χ3v) is 3.80. The lowest BCUT2D eigenvalue weighted by atomic mass is 10.1. The van der Waals surface area contributed by atoms with E-state index in [0.717, 1.165) is 19.6 Å². The van der Waals surface area contributed by atoms with Crippen molar-refractivity contribution in [3.8, 4) is 0 Å². The molecule has 1 aliphatic heterocycles. The Labute approximate surface area is 120 Å². The number of nitrogens with one attached hydrogen (secondary N) is 2. The molecule has 3 rings (SSSR count). The largest absolute Gasteiger partial charge is 0.382 e. The molecular weight excluding hydrogens is 248 g/mol. The van der Waals surface area contributed by atoms with Crippen molar-refractivity contribution in [2.75, 3.05) is 18.4 Å². The van der Waals surface area contributed by atoms with Gasteiger partial charge in [-0.25, -0.2) is 4.98 Å². The fourth-order valence-electron chi connectivity index (χ4n) is 2.75. The van der Waals surface area contributed by atoms with Crippen LogP contribution in [-0.4, -0.2) is 28.7 Å². The molecule has 2 N–H and O–H groups in total. The lowest BCUT2D eigenvalue weighted by molar-refractivity contribution is 0.637. The fraction of sp³-hybridized carbons (Fsp3) is 0.438. The molecule has 1 aliphatic rings. The molecule has 1 aromatic heterocycles. The van der Waals surface area contributed by atoms with Crippen LogP contribution in [0.2, 0.25) is 0 Å².